The van der Waals surface area contributed by atoms with Crippen LogP contribution in [-0.4, -0.2) is 41.5 Å². The van der Waals surface area contributed by atoms with E-state index in [1.807, 2.05) is 43.3 Å². The van der Waals surface area contributed by atoms with Gasteiger partial charge in [0.15, 0.2) is 6.61 Å². The first-order chi connectivity index (χ1) is 18.0. The number of methoxy groups -OCH3 is 1. The number of fused-ring (bicyclic) bond motifs is 6. The summed E-state index contributed by atoms with van der Waals surface area (Å²) in [5, 5.41) is 1.98. The minimum atomic E-state index is -0.741. The van der Waals surface area contributed by atoms with Gasteiger partial charge in [-0.25, -0.2) is 9.59 Å². The number of para-hydroxylation sites is 1. The average molecular weight is 501 g/mol. The van der Waals surface area contributed by atoms with Crippen molar-refractivity contribution in [2.75, 3.05) is 13.7 Å². The number of carbonyl (C=O) groups excluding carboxylic acids is 2. The van der Waals surface area contributed by atoms with Crippen LogP contribution in [-0.2, 0) is 40.1 Å². The number of esters is 1. The van der Waals surface area contributed by atoms with Crippen LogP contribution in [0.5, 0.6) is 5.75 Å². The molecule has 1 N–H and O–H groups in total. The number of amides is 1. The molecule has 6 rings (SSSR count). The molecule has 1 amide bonds. The Bertz CT molecular complexity index is 1610. The number of H-pyrrole nitrogens is 1. The molecule has 190 valence electrons. The zero-order valence-corrected chi connectivity index (χ0v) is 20.9. The summed E-state index contributed by atoms with van der Waals surface area (Å²) in [5.41, 5.74) is 5.63. The van der Waals surface area contributed by atoms with Crippen LogP contribution in [0.25, 0.3) is 21.9 Å². The summed E-state index contributed by atoms with van der Waals surface area (Å²) in [6.07, 6.45) is 4.01. The lowest BCUT2D eigenvalue weighted by atomic mass is 9.90. The number of aromatic amines is 1. The number of rotatable bonds is 4. The van der Waals surface area contributed by atoms with Crippen LogP contribution in [0.4, 0.5) is 0 Å². The summed E-state index contributed by atoms with van der Waals surface area (Å²) in [7, 11) is 1.33. The molecule has 37 heavy (non-hydrogen) atoms. The highest BCUT2D eigenvalue weighted by Gasteiger charge is 2.37. The van der Waals surface area contributed by atoms with E-state index in [9.17, 15) is 14.4 Å². The fraction of sp³-hybridized carbons (Fsp3) is 0.345. The van der Waals surface area contributed by atoms with Gasteiger partial charge in [0.05, 0.1) is 13.7 Å². The largest absolute Gasteiger partial charge is 0.483 e. The van der Waals surface area contributed by atoms with E-state index in [-0.39, 0.29) is 24.7 Å². The average Bonchev–Trinajstić information content (AvgIpc) is 3.29. The molecule has 0 fully saturated rings. The van der Waals surface area contributed by atoms with Crippen LogP contribution >= 0.6 is 0 Å². The lowest BCUT2D eigenvalue weighted by Gasteiger charge is -2.33. The Kier molecular flexibility index (Phi) is 5.74. The SMILES string of the molecule is COC(=O)C1Cc2c([nH]c3ccccc23)CN1C(=O)COc1ccc2c3c(c(=O)oc2c1C)CCCC3. The molecule has 0 saturated heterocycles. The third kappa shape index (κ3) is 3.87. The van der Waals surface area contributed by atoms with E-state index in [4.69, 9.17) is 13.9 Å². The van der Waals surface area contributed by atoms with Gasteiger partial charge in [-0.15, -0.1) is 0 Å². The summed E-state index contributed by atoms with van der Waals surface area (Å²) in [5.74, 6) is -0.318. The molecule has 2 aliphatic rings. The maximum atomic E-state index is 13.4. The highest BCUT2D eigenvalue weighted by molar-refractivity contribution is 5.90. The van der Waals surface area contributed by atoms with Crippen LogP contribution in [0.15, 0.2) is 45.6 Å². The van der Waals surface area contributed by atoms with Gasteiger partial charge in [0.25, 0.3) is 5.91 Å². The van der Waals surface area contributed by atoms with Crippen molar-refractivity contribution in [3.05, 3.63) is 74.8 Å². The van der Waals surface area contributed by atoms with Gasteiger partial charge >= 0.3 is 11.6 Å². The number of ether oxygens (including phenoxy) is 2. The van der Waals surface area contributed by atoms with E-state index < -0.39 is 12.0 Å². The van der Waals surface area contributed by atoms with Gasteiger partial charge in [-0.3, -0.25) is 4.79 Å². The van der Waals surface area contributed by atoms with Gasteiger partial charge in [0, 0.05) is 39.5 Å². The molecule has 1 aliphatic carbocycles. The van der Waals surface area contributed by atoms with Crippen LogP contribution in [0.3, 0.4) is 0 Å². The molecule has 4 aromatic rings. The minimum absolute atomic E-state index is 0.254. The van der Waals surface area contributed by atoms with Crippen molar-refractivity contribution in [1.82, 2.24) is 9.88 Å². The molecular formula is C29H28N2O6. The van der Waals surface area contributed by atoms with E-state index in [1.54, 1.807) is 0 Å². The maximum Gasteiger partial charge on any atom is 0.339 e. The molecular weight excluding hydrogens is 472 g/mol. The highest BCUT2D eigenvalue weighted by Crippen LogP contribution is 2.33. The van der Waals surface area contributed by atoms with E-state index in [2.05, 4.69) is 4.98 Å². The first-order valence-electron chi connectivity index (χ1n) is 12.6. The van der Waals surface area contributed by atoms with Gasteiger partial charge in [0.1, 0.15) is 17.4 Å². The number of benzene rings is 2. The predicted octanol–water partition coefficient (Wildman–Crippen LogP) is 3.97. The van der Waals surface area contributed by atoms with Crippen molar-refractivity contribution in [3.8, 4) is 5.75 Å². The summed E-state index contributed by atoms with van der Waals surface area (Å²) >= 11 is 0. The quantitative estimate of drug-likeness (QED) is 0.336. The monoisotopic (exact) mass is 500 g/mol. The van der Waals surface area contributed by atoms with E-state index in [0.29, 0.717) is 23.3 Å². The molecule has 0 bridgehead atoms. The Morgan fingerprint density at radius 3 is 2.65 bits per heavy atom. The zero-order chi connectivity index (χ0) is 25.7. The van der Waals surface area contributed by atoms with Gasteiger partial charge in [-0.2, -0.15) is 0 Å². The third-order valence-electron chi connectivity index (χ3n) is 7.74. The molecule has 2 aromatic heterocycles. The Labute approximate surface area is 213 Å². The number of nitrogens with one attached hydrogen (secondary N) is 1. The first kappa shape index (κ1) is 23.3. The van der Waals surface area contributed by atoms with Crippen molar-refractivity contribution < 1.29 is 23.5 Å². The van der Waals surface area contributed by atoms with E-state index in [1.165, 1.54) is 12.0 Å². The fourth-order valence-electron chi connectivity index (χ4n) is 5.82. The second-order valence-corrected chi connectivity index (χ2v) is 9.80. The van der Waals surface area contributed by atoms with Crippen molar-refractivity contribution in [1.29, 1.82) is 0 Å². The molecule has 1 aliphatic heterocycles. The first-order valence-corrected chi connectivity index (χ1v) is 12.6. The van der Waals surface area contributed by atoms with Crippen LogP contribution in [0, 0.1) is 6.92 Å². The van der Waals surface area contributed by atoms with Gasteiger partial charge in [-0.05, 0) is 61.9 Å². The molecule has 3 heterocycles. The van der Waals surface area contributed by atoms with Crippen LogP contribution < -0.4 is 10.4 Å². The summed E-state index contributed by atoms with van der Waals surface area (Å²) in [4.78, 5) is 43.5. The third-order valence-corrected chi connectivity index (χ3v) is 7.74. The van der Waals surface area contributed by atoms with Gasteiger partial charge in [0.2, 0.25) is 0 Å². The van der Waals surface area contributed by atoms with Gasteiger partial charge < -0.3 is 23.8 Å². The highest BCUT2D eigenvalue weighted by atomic mass is 16.5. The predicted molar refractivity (Wildman–Crippen MR) is 138 cm³/mol. The number of hydrogen-bond acceptors (Lipinski definition) is 6. The molecule has 2 aromatic carbocycles. The molecule has 0 saturated carbocycles. The van der Waals surface area contributed by atoms with Crippen LogP contribution in [0.2, 0.25) is 0 Å². The number of hydrogen-bond donors (Lipinski definition) is 1. The molecule has 1 unspecified atom stereocenters. The summed E-state index contributed by atoms with van der Waals surface area (Å²) in [6.45, 7) is 1.82. The van der Waals surface area contributed by atoms with Crippen molar-refractivity contribution in [2.24, 2.45) is 0 Å². The van der Waals surface area contributed by atoms with Crippen molar-refractivity contribution >= 4 is 33.7 Å². The number of carbonyl (C=O) groups is 2. The standard InChI is InChI=1S/C29H28N2O6/c1-16-25(12-11-19-17-7-3-4-9-20(17)28(33)37-27(16)19)36-15-26(32)31-14-23-21(13-24(31)29(34)35-2)18-8-5-6-10-22(18)30-23/h5-6,8,10-12,24,30H,3-4,7,9,13-15H2,1-2H3. The minimum Gasteiger partial charge on any atom is -0.483 e. The van der Waals surface area contributed by atoms with Crippen molar-refractivity contribution in [2.45, 2.75) is 51.6 Å². The fourth-order valence-corrected chi connectivity index (χ4v) is 5.82. The zero-order valence-electron chi connectivity index (χ0n) is 20.9. The Balaban J connectivity index is 1.27. The summed E-state index contributed by atoms with van der Waals surface area (Å²) < 4.78 is 16.7. The second-order valence-electron chi connectivity index (χ2n) is 9.80. The Morgan fingerprint density at radius 1 is 1.05 bits per heavy atom. The number of aromatic nitrogens is 1. The number of nitrogens with zero attached hydrogens (tertiary/aromatic N) is 1. The molecule has 8 heteroatoms. The van der Waals surface area contributed by atoms with E-state index >= 15 is 0 Å². The maximum absolute atomic E-state index is 13.4. The molecule has 1 atom stereocenters. The summed E-state index contributed by atoms with van der Waals surface area (Å²) in [6, 6.07) is 10.9. The van der Waals surface area contributed by atoms with Crippen molar-refractivity contribution in [3.63, 3.8) is 0 Å². The second kappa shape index (κ2) is 9.10. The molecule has 8 nitrogen and oxygen atoms in total. The molecule has 0 radical (unpaired) electrons. The Morgan fingerprint density at radius 2 is 1.84 bits per heavy atom. The normalized spacial score (nSPS) is 16.9. The molecule has 0 spiro atoms. The smallest absolute Gasteiger partial charge is 0.339 e. The Hall–Kier alpha value is -4.07. The van der Waals surface area contributed by atoms with Gasteiger partial charge in [-0.1, -0.05) is 18.2 Å². The lowest BCUT2D eigenvalue weighted by Crippen LogP contribution is -2.50. The lowest BCUT2D eigenvalue weighted by molar-refractivity contribution is -0.154. The number of aryl methyl sites for hydroxylation is 2. The van der Waals surface area contributed by atoms with E-state index in [0.717, 1.165) is 64.4 Å². The van der Waals surface area contributed by atoms with Crippen LogP contribution in [0.1, 0.15) is 40.8 Å². The topological polar surface area (TPSA) is 102 Å².